The number of nitrogens with one attached hydrogen (secondary N) is 1. The minimum atomic E-state index is -0.755. The fourth-order valence-electron chi connectivity index (χ4n) is 2.67. The zero-order valence-corrected chi connectivity index (χ0v) is 16.1. The van der Waals surface area contributed by atoms with Crippen molar-refractivity contribution in [3.05, 3.63) is 95.8 Å². The first kappa shape index (κ1) is 19.6. The van der Waals surface area contributed by atoms with Crippen molar-refractivity contribution >= 4 is 23.6 Å². The number of thioether (sulfide) groups is 1. The molecule has 1 aromatic heterocycles. The fourth-order valence-corrected chi connectivity index (χ4v) is 3.50. The van der Waals surface area contributed by atoms with Crippen LogP contribution in [0.2, 0.25) is 0 Å². The molecule has 1 unspecified atom stereocenters. The first-order chi connectivity index (χ1) is 13.6. The number of primary amides is 1. The molecule has 0 spiro atoms. The van der Waals surface area contributed by atoms with E-state index in [1.807, 2.05) is 60.8 Å². The van der Waals surface area contributed by atoms with E-state index in [0.717, 1.165) is 21.8 Å². The molecule has 28 heavy (non-hydrogen) atoms. The van der Waals surface area contributed by atoms with Crippen LogP contribution < -0.4 is 11.1 Å². The molecule has 2 aromatic carbocycles. The van der Waals surface area contributed by atoms with Crippen LogP contribution in [0.25, 0.3) is 0 Å². The molecule has 2 amide bonds. The van der Waals surface area contributed by atoms with Crippen molar-refractivity contribution in [3.63, 3.8) is 0 Å². The predicted molar refractivity (Wildman–Crippen MR) is 111 cm³/mol. The lowest BCUT2D eigenvalue weighted by Crippen LogP contribution is -2.45. The fraction of sp³-hybridized carbons (Fsp3) is 0.136. The summed E-state index contributed by atoms with van der Waals surface area (Å²) < 4.78 is 0. The third kappa shape index (κ3) is 5.69. The Morgan fingerprint density at radius 2 is 1.68 bits per heavy atom. The maximum absolute atomic E-state index is 12.5. The molecule has 5 nitrogen and oxygen atoms in total. The normalized spacial score (nSPS) is 11.6. The van der Waals surface area contributed by atoms with Gasteiger partial charge in [-0.3, -0.25) is 14.6 Å². The van der Waals surface area contributed by atoms with Gasteiger partial charge < -0.3 is 11.1 Å². The molecule has 1 heterocycles. The summed E-state index contributed by atoms with van der Waals surface area (Å²) in [4.78, 5) is 29.4. The van der Waals surface area contributed by atoms with Gasteiger partial charge in [0.15, 0.2) is 0 Å². The van der Waals surface area contributed by atoms with Gasteiger partial charge in [0.25, 0.3) is 5.91 Å². The number of hydrogen-bond acceptors (Lipinski definition) is 4. The monoisotopic (exact) mass is 391 g/mol. The van der Waals surface area contributed by atoms with Crippen LogP contribution in [0.4, 0.5) is 0 Å². The Kier molecular flexibility index (Phi) is 6.81. The minimum absolute atomic E-state index is 0.316. The molecule has 1 atom stereocenters. The summed E-state index contributed by atoms with van der Waals surface area (Å²) in [6.45, 7) is 0. The molecule has 3 aromatic rings. The quantitative estimate of drug-likeness (QED) is 0.578. The first-order valence-electron chi connectivity index (χ1n) is 8.87. The average Bonchev–Trinajstić information content (AvgIpc) is 2.73. The number of aromatic nitrogens is 1. The van der Waals surface area contributed by atoms with Gasteiger partial charge in [0, 0.05) is 35.0 Å². The predicted octanol–water partition coefficient (Wildman–Crippen LogP) is 3.20. The average molecular weight is 391 g/mol. The number of amides is 2. The maximum Gasteiger partial charge on any atom is 0.251 e. The summed E-state index contributed by atoms with van der Waals surface area (Å²) in [5, 5.41) is 2.73. The topological polar surface area (TPSA) is 85.1 Å². The molecule has 3 rings (SSSR count). The van der Waals surface area contributed by atoms with E-state index in [4.69, 9.17) is 5.73 Å². The largest absolute Gasteiger partial charge is 0.368 e. The standard InChI is InChI=1S/C22H21N3O2S/c23-21(26)20(13-16-5-2-1-3-6-16)25-22(27)18-8-10-19(11-9-18)28-15-17-7-4-12-24-14-17/h1-12,14,20H,13,15H2,(H2,23,26)(H,25,27). The summed E-state index contributed by atoms with van der Waals surface area (Å²) in [6.07, 6.45) is 3.95. The van der Waals surface area contributed by atoms with Gasteiger partial charge in [-0.05, 0) is 41.5 Å². The molecule has 0 fully saturated rings. The molecule has 0 aliphatic heterocycles. The highest BCUT2D eigenvalue weighted by atomic mass is 32.2. The van der Waals surface area contributed by atoms with Crippen molar-refractivity contribution in [1.82, 2.24) is 10.3 Å². The Balaban J connectivity index is 1.59. The van der Waals surface area contributed by atoms with Crippen molar-refractivity contribution in [2.75, 3.05) is 0 Å². The van der Waals surface area contributed by atoms with E-state index < -0.39 is 11.9 Å². The Labute approximate surface area is 168 Å². The van der Waals surface area contributed by atoms with Gasteiger partial charge in [0.2, 0.25) is 5.91 Å². The number of rotatable bonds is 8. The molecule has 0 radical (unpaired) electrons. The van der Waals surface area contributed by atoms with E-state index in [0.29, 0.717) is 12.0 Å². The molecular formula is C22H21N3O2S. The molecule has 3 N–H and O–H groups in total. The molecule has 0 saturated heterocycles. The number of nitrogens with zero attached hydrogens (tertiary/aromatic N) is 1. The molecule has 0 saturated carbocycles. The van der Waals surface area contributed by atoms with Crippen LogP contribution in [0.3, 0.4) is 0 Å². The maximum atomic E-state index is 12.5. The van der Waals surface area contributed by atoms with Crippen LogP contribution in [0.5, 0.6) is 0 Å². The second-order valence-electron chi connectivity index (χ2n) is 6.29. The van der Waals surface area contributed by atoms with Crippen molar-refractivity contribution in [2.45, 2.75) is 23.1 Å². The second kappa shape index (κ2) is 9.71. The van der Waals surface area contributed by atoms with Gasteiger partial charge in [-0.1, -0.05) is 36.4 Å². The number of benzene rings is 2. The van der Waals surface area contributed by atoms with E-state index in [1.54, 1.807) is 30.1 Å². The zero-order chi connectivity index (χ0) is 19.8. The summed E-state index contributed by atoms with van der Waals surface area (Å²) in [5.41, 5.74) is 8.04. The van der Waals surface area contributed by atoms with Crippen molar-refractivity contribution in [3.8, 4) is 0 Å². The Morgan fingerprint density at radius 1 is 0.964 bits per heavy atom. The number of carbonyl (C=O) groups is 2. The Morgan fingerprint density at radius 3 is 2.32 bits per heavy atom. The molecule has 0 bridgehead atoms. The van der Waals surface area contributed by atoms with Crippen LogP contribution >= 0.6 is 11.8 Å². The van der Waals surface area contributed by atoms with E-state index in [1.165, 1.54) is 0 Å². The van der Waals surface area contributed by atoms with Gasteiger partial charge in [-0.25, -0.2) is 0 Å². The smallest absolute Gasteiger partial charge is 0.251 e. The SMILES string of the molecule is NC(=O)C(Cc1ccccc1)NC(=O)c1ccc(SCc2cccnc2)cc1. The lowest BCUT2D eigenvalue weighted by Gasteiger charge is -2.16. The third-order valence-electron chi connectivity index (χ3n) is 4.18. The second-order valence-corrected chi connectivity index (χ2v) is 7.34. The van der Waals surface area contributed by atoms with Crippen molar-refractivity contribution in [1.29, 1.82) is 0 Å². The number of nitrogens with two attached hydrogens (primary N) is 1. The van der Waals surface area contributed by atoms with Crippen LogP contribution in [-0.2, 0) is 17.0 Å². The molecule has 142 valence electrons. The number of pyridine rings is 1. The van der Waals surface area contributed by atoms with E-state index in [9.17, 15) is 9.59 Å². The lowest BCUT2D eigenvalue weighted by atomic mass is 10.0. The van der Waals surface area contributed by atoms with Gasteiger partial charge in [-0.15, -0.1) is 11.8 Å². The highest BCUT2D eigenvalue weighted by Gasteiger charge is 2.19. The molecule has 0 aliphatic carbocycles. The molecule has 0 aliphatic rings. The van der Waals surface area contributed by atoms with Gasteiger partial charge >= 0.3 is 0 Å². The molecular weight excluding hydrogens is 370 g/mol. The van der Waals surface area contributed by atoms with Gasteiger partial charge in [-0.2, -0.15) is 0 Å². The van der Waals surface area contributed by atoms with Crippen LogP contribution in [0, 0.1) is 0 Å². The van der Waals surface area contributed by atoms with Crippen LogP contribution in [-0.4, -0.2) is 22.8 Å². The van der Waals surface area contributed by atoms with Crippen LogP contribution in [0.1, 0.15) is 21.5 Å². The Bertz CT molecular complexity index is 916. The van der Waals surface area contributed by atoms with Gasteiger partial charge in [0.05, 0.1) is 0 Å². The zero-order valence-electron chi connectivity index (χ0n) is 15.2. The minimum Gasteiger partial charge on any atom is -0.368 e. The highest BCUT2D eigenvalue weighted by molar-refractivity contribution is 7.98. The van der Waals surface area contributed by atoms with Gasteiger partial charge in [0.1, 0.15) is 6.04 Å². The Hall–Kier alpha value is -3.12. The van der Waals surface area contributed by atoms with E-state index in [2.05, 4.69) is 10.3 Å². The summed E-state index contributed by atoms with van der Waals surface area (Å²) in [5.74, 6) is -0.0652. The lowest BCUT2D eigenvalue weighted by molar-refractivity contribution is -0.119. The van der Waals surface area contributed by atoms with E-state index >= 15 is 0 Å². The van der Waals surface area contributed by atoms with Crippen molar-refractivity contribution in [2.24, 2.45) is 5.73 Å². The first-order valence-corrected chi connectivity index (χ1v) is 9.86. The summed E-state index contributed by atoms with van der Waals surface area (Å²) >= 11 is 1.67. The summed E-state index contributed by atoms with van der Waals surface area (Å²) in [6, 6.07) is 19.9. The van der Waals surface area contributed by atoms with Crippen molar-refractivity contribution < 1.29 is 9.59 Å². The molecule has 6 heteroatoms. The van der Waals surface area contributed by atoms with Crippen LogP contribution in [0.15, 0.2) is 84.0 Å². The number of carbonyl (C=O) groups excluding carboxylic acids is 2. The third-order valence-corrected chi connectivity index (χ3v) is 5.26. The number of hydrogen-bond donors (Lipinski definition) is 2. The highest BCUT2D eigenvalue weighted by Crippen LogP contribution is 2.22. The summed E-state index contributed by atoms with van der Waals surface area (Å²) in [7, 11) is 0. The van der Waals surface area contributed by atoms with E-state index in [-0.39, 0.29) is 5.91 Å².